The molecule has 0 bridgehead atoms. The second-order valence-corrected chi connectivity index (χ2v) is 9.53. The van der Waals surface area contributed by atoms with Gasteiger partial charge in [0.1, 0.15) is 0 Å². The van der Waals surface area contributed by atoms with Crippen molar-refractivity contribution < 1.29 is 8.42 Å². The zero-order valence-corrected chi connectivity index (χ0v) is 17.3. The SMILES string of the molecule is C=CCn1cc(CN2CCC(c3ncc(Cl)cc3S(C)(=O)=O)CC2)c(C)n1. The number of aromatic nitrogens is 3. The molecule has 0 saturated carbocycles. The van der Waals surface area contributed by atoms with E-state index in [4.69, 9.17) is 11.6 Å². The molecule has 2 aromatic rings. The Kier molecular flexibility index (Phi) is 6.03. The summed E-state index contributed by atoms with van der Waals surface area (Å²) in [5.74, 6) is 0.132. The van der Waals surface area contributed by atoms with Crippen molar-refractivity contribution in [2.75, 3.05) is 19.3 Å². The third-order valence-corrected chi connectivity index (χ3v) is 6.31. The molecule has 8 heteroatoms. The average molecular weight is 409 g/mol. The van der Waals surface area contributed by atoms with Crippen LogP contribution in [0.15, 0.2) is 36.0 Å². The first-order valence-electron chi connectivity index (χ1n) is 8.99. The van der Waals surface area contributed by atoms with Gasteiger partial charge in [-0.05, 0) is 38.9 Å². The molecule has 3 heterocycles. The van der Waals surface area contributed by atoms with Gasteiger partial charge in [0.25, 0.3) is 0 Å². The van der Waals surface area contributed by atoms with Crippen molar-refractivity contribution in [2.45, 2.75) is 43.7 Å². The first kappa shape index (κ1) is 20.0. The van der Waals surface area contributed by atoms with Crippen LogP contribution < -0.4 is 0 Å². The van der Waals surface area contributed by atoms with Crippen molar-refractivity contribution in [3.05, 3.63) is 53.1 Å². The van der Waals surface area contributed by atoms with Gasteiger partial charge in [-0.25, -0.2) is 8.42 Å². The van der Waals surface area contributed by atoms with Crippen LogP contribution in [0.1, 0.15) is 35.7 Å². The van der Waals surface area contributed by atoms with E-state index in [0.29, 0.717) is 17.3 Å². The maximum Gasteiger partial charge on any atom is 0.177 e. The van der Waals surface area contributed by atoms with Crippen molar-refractivity contribution in [3.63, 3.8) is 0 Å². The maximum atomic E-state index is 12.1. The van der Waals surface area contributed by atoms with Gasteiger partial charge in [-0.15, -0.1) is 6.58 Å². The molecule has 146 valence electrons. The minimum atomic E-state index is -3.36. The molecule has 0 amide bonds. The number of allylic oxidation sites excluding steroid dienone is 1. The Bertz CT molecular complexity index is 931. The van der Waals surface area contributed by atoms with Gasteiger partial charge in [0, 0.05) is 36.7 Å². The third-order valence-electron chi connectivity index (χ3n) is 4.98. The normalized spacial score (nSPS) is 16.6. The summed E-state index contributed by atoms with van der Waals surface area (Å²) in [6, 6.07) is 1.52. The van der Waals surface area contributed by atoms with Gasteiger partial charge >= 0.3 is 0 Å². The topological polar surface area (TPSA) is 68.1 Å². The molecule has 0 N–H and O–H groups in total. The predicted molar refractivity (Wildman–Crippen MR) is 107 cm³/mol. The Morgan fingerprint density at radius 3 is 2.70 bits per heavy atom. The summed E-state index contributed by atoms with van der Waals surface area (Å²) in [6.07, 6.45) is 8.40. The van der Waals surface area contributed by atoms with Gasteiger partial charge < -0.3 is 0 Å². The Morgan fingerprint density at radius 1 is 1.37 bits per heavy atom. The lowest BCUT2D eigenvalue weighted by molar-refractivity contribution is 0.202. The molecular formula is C19H25ClN4O2S. The van der Waals surface area contributed by atoms with Gasteiger partial charge in [0.2, 0.25) is 0 Å². The highest BCUT2D eigenvalue weighted by Crippen LogP contribution is 2.32. The van der Waals surface area contributed by atoms with E-state index in [1.807, 2.05) is 17.7 Å². The molecule has 0 unspecified atom stereocenters. The van der Waals surface area contributed by atoms with E-state index in [2.05, 4.69) is 27.8 Å². The van der Waals surface area contributed by atoms with E-state index >= 15 is 0 Å². The lowest BCUT2D eigenvalue weighted by Crippen LogP contribution is -2.33. The van der Waals surface area contributed by atoms with E-state index in [0.717, 1.165) is 38.2 Å². The van der Waals surface area contributed by atoms with Crippen LogP contribution in [0.4, 0.5) is 0 Å². The molecule has 1 aliphatic heterocycles. The number of nitrogens with zero attached hydrogens (tertiary/aromatic N) is 4. The van der Waals surface area contributed by atoms with Crippen LogP contribution >= 0.6 is 11.6 Å². The monoisotopic (exact) mass is 408 g/mol. The molecule has 0 aliphatic carbocycles. The molecule has 1 saturated heterocycles. The highest BCUT2D eigenvalue weighted by molar-refractivity contribution is 7.90. The lowest BCUT2D eigenvalue weighted by atomic mass is 9.92. The second-order valence-electron chi connectivity index (χ2n) is 7.11. The lowest BCUT2D eigenvalue weighted by Gasteiger charge is -2.32. The maximum absolute atomic E-state index is 12.1. The van der Waals surface area contributed by atoms with Gasteiger partial charge in [0.05, 0.1) is 27.9 Å². The fourth-order valence-electron chi connectivity index (χ4n) is 3.58. The summed E-state index contributed by atoms with van der Waals surface area (Å²) >= 11 is 5.97. The van der Waals surface area contributed by atoms with Crippen LogP contribution in [0.2, 0.25) is 5.02 Å². The van der Waals surface area contributed by atoms with Crippen LogP contribution in [0, 0.1) is 6.92 Å². The largest absolute Gasteiger partial charge is 0.299 e. The molecule has 1 aliphatic rings. The Hall–Kier alpha value is -1.70. The third kappa shape index (κ3) is 4.78. The van der Waals surface area contributed by atoms with Gasteiger partial charge in [-0.1, -0.05) is 17.7 Å². The molecule has 6 nitrogen and oxygen atoms in total. The first-order chi connectivity index (χ1) is 12.8. The molecule has 3 rings (SSSR count). The molecule has 0 radical (unpaired) electrons. The number of pyridine rings is 1. The Morgan fingerprint density at radius 2 is 2.07 bits per heavy atom. The molecule has 1 fully saturated rings. The van der Waals surface area contributed by atoms with E-state index in [1.165, 1.54) is 24.1 Å². The highest BCUT2D eigenvalue weighted by Gasteiger charge is 2.27. The number of aryl methyl sites for hydroxylation is 1. The summed E-state index contributed by atoms with van der Waals surface area (Å²) in [6.45, 7) is 9.12. The van der Waals surface area contributed by atoms with Gasteiger partial charge in [-0.3, -0.25) is 14.6 Å². The molecule has 2 aromatic heterocycles. The zero-order chi connectivity index (χ0) is 19.6. The van der Waals surface area contributed by atoms with Crippen LogP contribution in [0.5, 0.6) is 0 Å². The van der Waals surface area contributed by atoms with Crippen LogP contribution in [0.25, 0.3) is 0 Å². The van der Waals surface area contributed by atoms with Crippen LogP contribution in [-0.4, -0.2) is 47.4 Å². The molecule has 27 heavy (non-hydrogen) atoms. The van der Waals surface area contributed by atoms with Crippen molar-refractivity contribution in [3.8, 4) is 0 Å². The average Bonchev–Trinajstić information content (AvgIpc) is 2.94. The minimum Gasteiger partial charge on any atom is -0.299 e. The summed E-state index contributed by atoms with van der Waals surface area (Å²) in [5, 5.41) is 4.86. The summed E-state index contributed by atoms with van der Waals surface area (Å²) in [7, 11) is -3.36. The number of halogens is 1. The quantitative estimate of drug-likeness (QED) is 0.686. The summed E-state index contributed by atoms with van der Waals surface area (Å²) < 4.78 is 26.1. The number of sulfone groups is 1. The number of piperidine rings is 1. The zero-order valence-electron chi connectivity index (χ0n) is 15.7. The smallest absolute Gasteiger partial charge is 0.177 e. The summed E-state index contributed by atoms with van der Waals surface area (Å²) in [4.78, 5) is 7.01. The Balaban J connectivity index is 1.69. The molecule has 0 spiro atoms. The van der Waals surface area contributed by atoms with Crippen LogP contribution in [0.3, 0.4) is 0 Å². The molecular weight excluding hydrogens is 384 g/mol. The van der Waals surface area contributed by atoms with E-state index in [1.54, 1.807) is 0 Å². The molecule has 0 aromatic carbocycles. The highest BCUT2D eigenvalue weighted by atomic mass is 35.5. The minimum absolute atomic E-state index is 0.132. The number of hydrogen-bond donors (Lipinski definition) is 0. The number of hydrogen-bond acceptors (Lipinski definition) is 5. The fraction of sp³-hybridized carbons (Fsp3) is 0.474. The summed E-state index contributed by atoms with van der Waals surface area (Å²) in [5.41, 5.74) is 2.91. The van der Waals surface area contributed by atoms with Gasteiger partial charge in [-0.2, -0.15) is 5.10 Å². The second kappa shape index (κ2) is 8.12. The Labute approximate surface area is 165 Å². The van der Waals surface area contributed by atoms with E-state index < -0.39 is 9.84 Å². The van der Waals surface area contributed by atoms with Crippen molar-refractivity contribution in [2.24, 2.45) is 0 Å². The van der Waals surface area contributed by atoms with Crippen LogP contribution in [-0.2, 0) is 22.9 Å². The first-order valence-corrected chi connectivity index (χ1v) is 11.3. The number of likely N-dealkylation sites (tertiary alicyclic amines) is 1. The van der Waals surface area contributed by atoms with Crippen molar-refractivity contribution in [1.82, 2.24) is 19.7 Å². The predicted octanol–water partition coefficient (Wildman–Crippen LogP) is 3.21. The fourth-order valence-corrected chi connectivity index (χ4v) is 4.74. The van der Waals surface area contributed by atoms with E-state index in [-0.39, 0.29) is 10.8 Å². The van der Waals surface area contributed by atoms with Crippen molar-refractivity contribution in [1.29, 1.82) is 0 Å². The standard InChI is InChI=1S/C19H25ClN4O2S/c1-4-7-24-13-16(14(2)22-24)12-23-8-5-15(6-9-23)19-18(27(3,25)26)10-17(20)11-21-19/h4,10-11,13,15H,1,5-9,12H2,2-3H3. The number of rotatable bonds is 6. The van der Waals surface area contributed by atoms with Crippen molar-refractivity contribution >= 4 is 21.4 Å². The van der Waals surface area contributed by atoms with E-state index in [9.17, 15) is 8.42 Å². The van der Waals surface area contributed by atoms with Gasteiger partial charge in [0.15, 0.2) is 9.84 Å². The molecule has 0 atom stereocenters.